The van der Waals surface area contributed by atoms with E-state index in [-0.39, 0.29) is 0 Å². The number of hydrogen-bond donors (Lipinski definition) is 0. The van der Waals surface area contributed by atoms with Gasteiger partial charge in [0.15, 0.2) is 0 Å². The summed E-state index contributed by atoms with van der Waals surface area (Å²) >= 11 is 0. The van der Waals surface area contributed by atoms with Crippen LogP contribution in [-0.4, -0.2) is 24.7 Å². The number of hydrogen-bond acceptors (Lipinski definition) is 2. The van der Waals surface area contributed by atoms with Crippen LogP contribution in [-0.2, 0) is 0 Å². The van der Waals surface area contributed by atoms with E-state index in [1.165, 1.54) is 82.3 Å². The third kappa shape index (κ3) is 4.14. The molecule has 0 radical (unpaired) electrons. The Morgan fingerprint density at radius 1 is 1.18 bits per heavy atom. The summed E-state index contributed by atoms with van der Waals surface area (Å²) in [5, 5.41) is 0. The maximum atomic E-state index is 4.35. The van der Waals surface area contributed by atoms with Crippen molar-refractivity contribution in [1.82, 2.24) is 4.90 Å². The number of unbranched alkanes of at least 4 members (excludes halogenated alkanes) is 1. The van der Waals surface area contributed by atoms with E-state index in [4.69, 9.17) is 0 Å². The molecule has 126 valence electrons. The summed E-state index contributed by atoms with van der Waals surface area (Å²) in [6.07, 6.45) is 13.2. The smallest absolute Gasteiger partial charge is 0.0587 e. The highest BCUT2D eigenvalue weighted by atomic mass is 15.1. The first-order valence-corrected chi connectivity index (χ1v) is 9.54. The summed E-state index contributed by atoms with van der Waals surface area (Å²) < 4.78 is 0. The minimum atomic E-state index is 0.622. The van der Waals surface area contributed by atoms with Gasteiger partial charge < -0.3 is 4.90 Å². The normalized spacial score (nSPS) is 22.1. The Labute approximate surface area is 138 Å². The van der Waals surface area contributed by atoms with Crippen LogP contribution in [0.2, 0.25) is 0 Å². The number of nitrogens with zero attached hydrogens (tertiary/aromatic N) is 2. The Morgan fingerprint density at radius 2 is 1.91 bits per heavy atom. The van der Waals surface area contributed by atoms with E-state index in [1.54, 1.807) is 0 Å². The molecule has 1 atom stereocenters. The number of rotatable bonds is 9. The van der Waals surface area contributed by atoms with E-state index in [2.05, 4.69) is 37.4 Å². The predicted molar refractivity (Wildman–Crippen MR) is 97.3 cm³/mol. The highest BCUT2D eigenvalue weighted by Crippen LogP contribution is 2.47. The third-order valence-electron chi connectivity index (χ3n) is 6.28. The molecule has 2 heteroatoms. The first-order valence-electron chi connectivity index (χ1n) is 9.54. The third-order valence-corrected chi connectivity index (χ3v) is 6.28. The summed E-state index contributed by atoms with van der Waals surface area (Å²) in [4.78, 5) is 7.01. The average Bonchev–Trinajstić information content (AvgIpc) is 2.52. The zero-order valence-corrected chi connectivity index (χ0v) is 15.2. The van der Waals surface area contributed by atoms with Crippen molar-refractivity contribution in [2.45, 2.75) is 85.0 Å². The Hall–Kier alpha value is -0.790. The van der Waals surface area contributed by atoms with E-state index >= 15 is 0 Å². The van der Waals surface area contributed by atoms with E-state index < -0.39 is 0 Å². The highest BCUT2D eigenvalue weighted by Gasteiger charge is 2.36. The maximum absolute atomic E-state index is 4.35. The number of aliphatic imine (C=N–C) groups is 1. The van der Waals surface area contributed by atoms with Gasteiger partial charge in [-0.05, 0) is 69.4 Å². The van der Waals surface area contributed by atoms with E-state index in [1.807, 2.05) is 0 Å². The van der Waals surface area contributed by atoms with E-state index in [0.29, 0.717) is 5.41 Å². The van der Waals surface area contributed by atoms with Gasteiger partial charge in [0.2, 0.25) is 0 Å². The summed E-state index contributed by atoms with van der Waals surface area (Å²) in [5.41, 5.74) is 3.42. The molecule has 22 heavy (non-hydrogen) atoms. The van der Waals surface area contributed by atoms with Crippen molar-refractivity contribution in [1.29, 1.82) is 0 Å². The summed E-state index contributed by atoms with van der Waals surface area (Å²) in [6, 6.07) is 0. The first kappa shape index (κ1) is 17.6. The van der Waals surface area contributed by atoms with Crippen LogP contribution in [0.3, 0.4) is 0 Å². The van der Waals surface area contributed by atoms with Gasteiger partial charge in [0.05, 0.1) is 5.70 Å². The van der Waals surface area contributed by atoms with Crippen LogP contribution >= 0.6 is 0 Å². The molecule has 0 amide bonds. The standard InChI is InChI=1S/C20H36N2/c1-5-6-15-22(19-11-8-7-10-18(19)21-4)16-12-17(2)20(3)13-9-14-20/h17H,4-16H2,1-3H3. The maximum Gasteiger partial charge on any atom is 0.0587 e. The Kier molecular flexibility index (Phi) is 6.52. The molecule has 1 unspecified atom stereocenters. The van der Waals surface area contributed by atoms with Crippen LogP contribution in [0, 0.1) is 11.3 Å². The van der Waals surface area contributed by atoms with Crippen LogP contribution in [0.25, 0.3) is 0 Å². The molecule has 0 bridgehead atoms. The second-order valence-corrected chi connectivity index (χ2v) is 7.80. The van der Waals surface area contributed by atoms with E-state index in [0.717, 1.165) is 12.3 Å². The zero-order valence-electron chi connectivity index (χ0n) is 15.2. The van der Waals surface area contributed by atoms with Crippen molar-refractivity contribution in [3.05, 3.63) is 11.4 Å². The minimum Gasteiger partial charge on any atom is -0.373 e. The topological polar surface area (TPSA) is 15.6 Å². The Balaban J connectivity index is 1.99. The highest BCUT2D eigenvalue weighted by molar-refractivity contribution is 5.31. The molecule has 0 spiro atoms. The molecule has 0 heterocycles. The molecule has 2 aliphatic rings. The van der Waals surface area contributed by atoms with Crippen molar-refractivity contribution in [2.24, 2.45) is 16.3 Å². The Bertz CT molecular complexity index is 393. The molecule has 1 saturated carbocycles. The van der Waals surface area contributed by atoms with Crippen LogP contribution in [0.1, 0.15) is 85.0 Å². The van der Waals surface area contributed by atoms with Crippen LogP contribution in [0.15, 0.2) is 16.4 Å². The monoisotopic (exact) mass is 304 g/mol. The lowest BCUT2D eigenvalue weighted by molar-refractivity contribution is 0.0703. The number of allylic oxidation sites excluding steroid dienone is 2. The lowest BCUT2D eigenvalue weighted by Crippen LogP contribution is -2.36. The minimum absolute atomic E-state index is 0.622. The van der Waals surface area contributed by atoms with Gasteiger partial charge in [-0.1, -0.05) is 33.6 Å². The van der Waals surface area contributed by atoms with Crippen molar-refractivity contribution < 1.29 is 0 Å². The van der Waals surface area contributed by atoms with Crippen LogP contribution in [0.4, 0.5) is 0 Å². The lowest BCUT2D eigenvalue weighted by Gasteiger charge is -2.44. The average molecular weight is 305 g/mol. The van der Waals surface area contributed by atoms with Crippen LogP contribution in [0.5, 0.6) is 0 Å². The van der Waals surface area contributed by atoms with Crippen molar-refractivity contribution in [3.8, 4) is 0 Å². The molecule has 1 fully saturated rings. The molecule has 2 rings (SSSR count). The molecule has 0 aliphatic heterocycles. The molecule has 2 nitrogen and oxygen atoms in total. The van der Waals surface area contributed by atoms with Gasteiger partial charge in [-0.2, -0.15) is 0 Å². The SMILES string of the molecule is C=NC1=C(N(CCCC)CCC(C)C2(C)CCC2)CCCC1. The fourth-order valence-electron chi connectivity index (χ4n) is 4.04. The summed E-state index contributed by atoms with van der Waals surface area (Å²) in [7, 11) is 0. The molecule has 2 aliphatic carbocycles. The van der Waals surface area contributed by atoms with Gasteiger partial charge >= 0.3 is 0 Å². The summed E-state index contributed by atoms with van der Waals surface area (Å²) in [5.74, 6) is 0.842. The quantitative estimate of drug-likeness (QED) is 0.492. The molecular weight excluding hydrogens is 268 g/mol. The second-order valence-electron chi connectivity index (χ2n) is 7.80. The lowest BCUT2D eigenvalue weighted by atomic mass is 9.62. The Morgan fingerprint density at radius 3 is 2.50 bits per heavy atom. The van der Waals surface area contributed by atoms with Crippen molar-refractivity contribution >= 4 is 6.72 Å². The van der Waals surface area contributed by atoms with Crippen LogP contribution < -0.4 is 0 Å². The molecule has 0 aromatic heterocycles. The molecule has 0 N–H and O–H groups in total. The van der Waals surface area contributed by atoms with E-state index in [9.17, 15) is 0 Å². The summed E-state index contributed by atoms with van der Waals surface area (Å²) in [6.45, 7) is 13.5. The van der Waals surface area contributed by atoms with Gasteiger partial charge in [0.25, 0.3) is 0 Å². The fourth-order valence-corrected chi connectivity index (χ4v) is 4.04. The van der Waals surface area contributed by atoms with Gasteiger partial charge in [-0.3, -0.25) is 4.99 Å². The van der Waals surface area contributed by atoms with Gasteiger partial charge in [-0.15, -0.1) is 0 Å². The van der Waals surface area contributed by atoms with Gasteiger partial charge in [0, 0.05) is 18.8 Å². The first-order chi connectivity index (χ1) is 10.6. The second kappa shape index (κ2) is 8.17. The van der Waals surface area contributed by atoms with Crippen molar-refractivity contribution in [2.75, 3.05) is 13.1 Å². The molecule has 0 saturated heterocycles. The molecular formula is C20H36N2. The predicted octanol–water partition coefficient (Wildman–Crippen LogP) is 5.79. The fraction of sp³-hybridized carbons (Fsp3) is 0.850. The van der Waals surface area contributed by atoms with Gasteiger partial charge in [-0.25, -0.2) is 0 Å². The van der Waals surface area contributed by atoms with Crippen molar-refractivity contribution in [3.63, 3.8) is 0 Å². The van der Waals surface area contributed by atoms with Gasteiger partial charge in [0.1, 0.15) is 0 Å². The zero-order chi connectivity index (χ0) is 16.0. The largest absolute Gasteiger partial charge is 0.373 e. The molecule has 0 aromatic rings. The molecule has 0 aromatic carbocycles.